The zero-order valence-electron chi connectivity index (χ0n) is 6.00. The molecule has 1 aliphatic heterocycles. The molecule has 0 saturated carbocycles. The Hall–Kier alpha value is -0.770. The average Bonchev–Trinajstić information content (AvgIpc) is 1.84. The predicted octanol–water partition coefficient (Wildman–Crippen LogP) is 0.0850. The van der Waals surface area contributed by atoms with Gasteiger partial charge < -0.3 is 9.47 Å². The monoisotopic (exact) mass is 145 g/mol. The smallest absolute Gasteiger partial charge is 0.433 e. The summed E-state index contributed by atoms with van der Waals surface area (Å²) in [4.78, 5) is 12.5. The van der Waals surface area contributed by atoms with E-state index in [1.807, 2.05) is 11.9 Å². The summed E-state index contributed by atoms with van der Waals surface area (Å²) in [7, 11) is 1.96. The summed E-state index contributed by atoms with van der Waals surface area (Å²) >= 11 is 0. The normalized spacial score (nSPS) is 22.3. The van der Waals surface area contributed by atoms with Gasteiger partial charge in [0.2, 0.25) is 0 Å². The van der Waals surface area contributed by atoms with Crippen LogP contribution in [0, 0.1) is 0 Å². The second kappa shape index (κ2) is 3.41. The number of nitrogens with zero attached hydrogens (tertiary/aromatic N) is 1. The quantitative estimate of drug-likeness (QED) is 0.453. The molecule has 1 saturated heterocycles. The van der Waals surface area contributed by atoms with Gasteiger partial charge in [-0.15, -0.1) is 0 Å². The van der Waals surface area contributed by atoms with Crippen molar-refractivity contribution in [3.63, 3.8) is 0 Å². The molecule has 1 fully saturated rings. The van der Waals surface area contributed by atoms with E-state index in [-0.39, 0.29) is 0 Å². The van der Waals surface area contributed by atoms with E-state index in [0.717, 1.165) is 13.1 Å². The maximum Gasteiger partial charge on any atom is 0.508 e. The van der Waals surface area contributed by atoms with Gasteiger partial charge in [0.05, 0.1) is 0 Å². The lowest BCUT2D eigenvalue weighted by Crippen LogP contribution is -2.31. The van der Waals surface area contributed by atoms with Crippen LogP contribution in [0.1, 0.15) is 0 Å². The number of hydrogen-bond acceptors (Lipinski definition) is 4. The molecule has 0 aliphatic carbocycles. The first kappa shape index (κ1) is 7.34. The molecule has 0 unspecified atom stereocenters. The number of likely N-dealkylation sites (N-methyl/N-ethyl adjacent to an activating group) is 1. The maximum atomic E-state index is 10.5. The van der Waals surface area contributed by atoms with Crippen LogP contribution in [0.3, 0.4) is 0 Å². The Morgan fingerprint density at radius 2 is 1.80 bits per heavy atom. The number of ether oxygens (including phenoxy) is 2. The molecule has 0 atom stereocenters. The largest absolute Gasteiger partial charge is 0.508 e. The molecule has 0 aromatic carbocycles. The summed E-state index contributed by atoms with van der Waals surface area (Å²) in [5.74, 6) is 0. The van der Waals surface area contributed by atoms with Crippen LogP contribution in [-0.2, 0) is 9.47 Å². The molecule has 10 heavy (non-hydrogen) atoms. The minimum absolute atomic E-state index is 0.426. The van der Waals surface area contributed by atoms with Gasteiger partial charge in [-0.1, -0.05) is 0 Å². The lowest BCUT2D eigenvalue weighted by molar-refractivity contribution is 0.0273. The van der Waals surface area contributed by atoms with E-state index < -0.39 is 6.16 Å². The summed E-state index contributed by atoms with van der Waals surface area (Å²) in [5.41, 5.74) is 0. The molecule has 0 N–H and O–H groups in total. The van der Waals surface area contributed by atoms with Gasteiger partial charge in [0.25, 0.3) is 0 Å². The Balaban J connectivity index is 2.27. The summed E-state index contributed by atoms with van der Waals surface area (Å²) < 4.78 is 9.30. The highest BCUT2D eigenvalue weighted by atomic mass is 16.7. The molecule has 0 radical (unpaired) electrons. The van der Waals surface area contributed by atoms with Gasteiger partial charge in [0, 0.05) is 13.1 Å². The van der Waals surface area contributed by atoms with Crippen LogP contribution < -0.4 is 0 Å². The predicted molar refractivity (Wildman–Crippen MR) is 34.8 cm³/mol. The van der Waals surface area contributed by atoms with Gasteiger partial charge >= 0.3 is 6.16 Å². The first-order chi connectivity index (χ1) is 4.79. The van der Waals surface area contributed by atoms with Crippen molar-refractivity contribution in [1.29, 1.82) is 0 Å². The number of cyclic esters (lactones) is 2. The number of rotatable bonds is 0. The zero-order chi connectivity index (χ0) is 7.40. The number of hydrogen-bond donors (Lipinski definition) is 0. The van der Waals surface area contributed by atoms with E-state index in [1.54, 1.807) is 0 Å². The van der Waals surface area contributed by atoms with E-state index in [9.17, 15) is 4.79 Å². The van der Waals surface area contributed by atoms with Gasteiger partial charge in [0.1, 0.15) is 13.2 Å². The molecule has 0 aromatic heterocycles. The Kier molecular flexibility index (Phi) is 2.50. The molecule has 1 aliphatic rings. The van der Waals surface area contributed by atoms with Crippen molar-refractivity contribution < 1.29 is 14.3 Å². The van der Waals surface area contributed by atoms with Crippen LogP contribution in [0.25, 0.3) is 0 Å². The van der Waals surface area contributed by atoms with Crippen molar-refractivity contribution in [2.24, 2.45) is 0 Å². The molecule has 4 heteroatoms. The zero-order valence-corrected chi connectivity index (χ0v) is 6.00. The van der Waals surface area contributed by atoms with E-state index in [2.05, 4.69) is 9.47 Å². The minimum Gasteiger partial charge on any atom is -0.433 e. The molecule has 0 spiro atoms. The van der Waals surface area contributed by atoms with Crippen LogP contribution in [0.2, 0.25) is 0 Å². The second-order valence-corrected chi connectivity index (χ2v) is 2.25. The fourth-order valence-corrected chi connectivity index (χ4v) is 0.723. The Labute approximate surface area is 59.7 Å². The van der Waals surface area contributed by atoms with Gasteiger partial charge in [-0.05, 0) is 7.05 Å². The summed E-state index contributed by atoms with van der Waals surface area (Å²) in [5, 5.41) is 0. The van der Waals surface area contributed by atoms with Crippen molar-refractivity contribution in [3.05, 3.63) is 0 Å². The lowest BCUT2D eigenvalue weighted by Gasteiger charge is -2.19. The molecule has 58 valence electrons. The van der Waals surface area contributed by atoms with Gasteiger partial charge in [-0.3, -0.25) is 4.90 Å². The second-order valence-electron chi connectivity index (χ2n) is 2.25. The van der Waals surface area contributed by atoms with Gasteiger partial charge in [-0.25, -0.2) is 4.79 Å². The van der Waals surface area contributed by atoms with Crippen LogP contribution in [0.4, 0.5) is 4.79 Å². The lowest BCUT2D eigenvalue weighted by atomic mass is 10.5. The third-order valence-electron chi connectivity index (χ3n) is 1.39. The standard InChI is InChI=1S/C6H11NO3/c1-7-2-4-9-6(8)10-5-3-7/h2-5H2,1H3. The van der Waals surface area contributed by atoms with Crippen molar-refractivity contribution in [2.45, 2.75) is 0 Å². The highest BCUT2D eigenvalue weighted by Crippen LogP contribution is 1.92. The third kappa shape index (κ3) is 2.23. The molecular formula is C6H11NO3. The van der Waals surface area contributed by atoms with Crippen molar-refractivity contribution in [3.8, 4) is 0 Å². The first-order valence-corrected chi connectivity index (χ1v) is 3.27. The fraction of sp³-hybridized carbons (Fsp3) is 0.833. The van der Waals surface area contributed by atoms with E-state index in [4.69, 9.17) is 0 Å². The van der Waals surface area contributed by atoms with Crippen molar-refractivity contribution >= 4 is 6.16 Å². The van der Waals surface area contributed by atoms with Crippen molar-refractivity contribution in [1.82, 2.24) is 4.90 Å². The first-order valence-electron chi connectivity index (χ1n) is 3.27. The summed E-state index contributed by atoms with van der Waals surface area (Å²) in [6, 6.07) is 0. The molecule has 0 bridgehead atoms. The van der Waals surface area contributed by atoms with Crippen LogP contribution in [0.5, 0.6) is 0 Å². The van der Waals surface area contributed by atoms with Crippen LogP contribution >= 0.6 is 0 Å². The number of carbonyl (C=O) groups excluding carboxylic acids is 1. The summed E-state index contributed by atoms with van der Waals surface area (Å²) in [6.45, 7) is 2.43. The molecule has 4 nitrogen and oxygen atoms in total. The van der Waals surface area contributed by atoms with Gasteiger partial charge in [0.15, 0.2) is 0 Å². The van der Waals surface area contributed by atoms with Crippen LogP contribution in [0.15, 0.2) is 0 Å². The maximum absolute atomic E-state index is 10.5. The Morgan fingerprint density at radius 3 is 2.30 bits per heavy atom. The van der Waals surface area contributed by atoms with Gasteiger partial charge in [-0.2, -0.15) is 0 Å². The highest BCUT2D eigenvalue weighted by molar-refractivity contribution is 5.59. The Bertz CT molecular complexity index is 114. The molecular weight excluding hydrogens is 134 g/mol. The Morgan fingerprint density at radius 1 is 1.30 bits per heavy atom. The fourth-order valence-electron chi connectivity index (χ4n) is 0.723. The van der Waals surface area contributed by atoms with E-state index in [0.29, 0.717) is 13.2 Å². The summed E-state index contributed by atoms with van der Waals surface area (Å²) in [6.07, 6.45) is -0.548. The van der Waals surface area contributed by atoms with E-state index in [1.165, 1.54) is 0 Å². The SMILES string of the molecule is CN1CCOC(=O)OCC1. The molecule has 0 aromatic rings. The van der Waals surface area contributed by atoms with Crippen LogP contribution in [-0.4, -0.2) is 44.4 Å². The molecule has 1 heterocycles. The average molecular weight is 145 g/mol. The molecule has 1 rings (SSSR count). The highest BCUT2D eigenvalue weighted by Gasteiger charge is 2.09. The topological polar surface area (TPSA) is 38.8 Å². The molecule has 0 amide bonds. The van der Waals surface area contributed by atoms with E-state index >= 15 is 0 Å². The third-order valence-corrected chi connectivity index (χ3v) is 1.39. The van der Waals surface area contributed by atoms with Crippen molar-refractivity contribution in [2.75, 3.05) is 33.4 Å². The number of carbonyl (C=O) groups is 1. The minimum atomic E-state index is -0.548.